The lowest BCUT2D eigenvalue weighted by Gasteiger charge is -2.24. The number of hydrogen-bond donors (Lipinski definition) is 1. The molecule has 1 aliphatic rings. The van der Waals surface area contributed by atoms with Crippen molar-refractivity contribution in [2.24, 2.45) is 7.05 Å². The second-order valence-electron chi connectivity index (χ2n) is 4.27. The summed E-state index contributed by atoms with van der Waals surface area (Å²) in [5, 5.41) is 2.49. The molecule has 0 spiro atoms. The van der Waals surface area contributed by atoms with Crippen molar-refractivity contribution in [3.05, 3.63) is 18.0 Å². The van der Waals surface area contributed by atoms with Crippen LogP contribution in [0, 0.1) is 0 Å². The molecular formula is C11H17N3O3S2. The quantitative estimate of drug-likeness (QED) is 0.861. The normalized spacial score (nSPS) is 17.4. The van der Waals surface area contributed by atoms with Crippen molar-refractivity contribution in [2.45, 2.75) is 4.90 Å². The van der Waals surface area contributed by atoms with Gasteiger partial charge in [0.25, 0.3) is 5.91 Å². The predicted molar refractivity (Wildman–Crippen MR) is 74.9 cm³/mol. The molecule has 2 heterocycles. The van der Waals surface area contributed by atoms with E-state index in [-0.39, 0.29) is 10.8 Å². The number of amides is 1. The summed E-state index contributed by atoms with van der Waals surface area (Å²) >= 11 is 1.75. The fourth-order valence-corrected chi connectivity index (χ4v) is 4.61. The van der Waals surface area contributed by atoms with Gasteiger partial charge in [0, 0.05) is 44.9 Å². The molecule has 19 heavy (non-hydrogen) atoms. The molecule has 0 bridgehead atoms. The van der Waals surface area contributed by atoms with E-state index in [0.717, 1.165) is 11.5 Å². The summed E-state index contributed by atoms with van der Waals surface area (Å²) in [4.78, 5) is 11.8. The molecule has 2 rings (SSSR count). The van der Waals surface area contributed by atoms with Crippen LogP contribution in [-0.4, -0.2) is 54.8 Å². The smallest absolute Gasteiger partial charge is 0.267 e. The van der Waals surface area contributed by atoms with Crippen LogP contribution in [0.5, 0.6) is 0 Å². The minimum Gasteiger partial charge on any atom is -0.354 e. The Morgan fingerprint density at radius 3 is 2.58 bits per heavy atom. The number of sulfonamides is 1. The second kappa shape index (κ2) is 5.56. The van der Waals surface area contributed by atoms with Gasteiger partial charge in [-0.3, -0.25) is 4.79 Å². The molecule has 6 nitrogen and oxygen atoms in total. The minimum absolute atomic E-state index is 0.181. The molecule has 0 aromatic carbocycles. The predicted octanol–water partition coefficient (Wildman–Crippen LogP) is 0.122. The SMILES string of the molecule is CNC(=O)c1cc(S(=O)(=O)N2CCSCC2)cn1C. The number of rotatable bonds is 3. The van der Waals surface area contributed by atoms with Gasteiger partial charge in [0.1, 0.15) is 10.6 Å². The monoisotopic (exact) mass is 303 g/mol. The van der Waals surface area contributed by atoms with Crippen LogP contribution < -0.4 is 5.32 Å². The standard InChI is InChI=1S/C11H17N3O3S2/c1-12-11(15)10-7-9(8-13(10)2)19(16,17)14-3-5-18-6-4-14/h7-8H,3-6H2,1-2H3,(H,12,15). The van der Waals surface area contributed by atoms with Crippen LogP contribution in [0.25, 0.3) is 0 Å². The van der Waals surface area contributed by atoms with Crippen molar-refractivity contribution in [1.82, 2.24) is 14.2 Å². The van der Waals surface area contributed by atoms with E-state index in [1.807, 2.05) is 0 Å². The first kappa shape index (κ1) is 14.4. The fourth-order valence-electron chi connectivity index (χ4n) is 1.97. The number of carbonyl (C=O) groups excluding carboxylic acids is 1. The third kappa shape index (κ3) is 2.80. The molecule has 1 aliphatic heterocycles. The average Bonchev–Trinajstić information content (AvgIpc) is 2.81. The van der Waals surface area contributed by atoms with Gasteiger partial charge < -0.3 is 9.88 Å². The zero-order chi connectivity index (χ0) is 14.0. The zero-order valence-corrected chi connectivity index (χ0v) is 12.6. The van der Waals surface area contributed by atoms with Gasteiger partial charge in [0.2, 0.25) is 10.0 Å². The maximum absolute atomic E-state index is 12.4. The van der Waals surface area contributed by atoms with E-state index in [2.05, 4.69) is 5.32 Å². The van der Waals surface area contributed by atoms with Crippen LogP contribution >= 0.6 is 11.8 Å². The fraction of sp³-hybridized carbons (Fsp3) is 0.545. The maximum atomic E-state index is 12.4. The Morgan fingerprint density at radius 1 is 1.37 bits per heavy atom. The Hall–Kier alpha value is -0.990. The van der Waals surface area contributed by atoms with E-state index < -0.39 is 10.0 Å². The van der Waals surface area contributed by atoms with Crippen LogP contribution in [0.4, 0.5) is 0 Å². The number of nitrogens with zero attached hydrogens (tertiary/aromatic N) is 2. The molecule has 0 aliphatic carbocycles. The number of aromatic nitrogens is 1. The summed E-state index contributed by atoms with van der Waals surface area (Å²) in [6.45, 7) is 1.05. The third-order valence-electron chi connectivity index (χ3n) is 3.05. The van der Waals surface area contributed by atoms with Crippen LogP contribution in [0.1, 0.15) is 10.5 Å². The lowest BCUT2D eigenvalue weighted by Crippen LogP contribution is -2.37. The van der Waals surface area contributed by atoms with Crippen LogP contribution in [-0.2, 0) is 17.1 Å². The van der Waals surface area contributed by atoms with Gasteiger partial charge in [-0.05, 0) is 6.07 Å². The molecule has 0 unspecified atom stereocenters. The summed E-state index contributed by atoms with van der Waals surface area (Å²) in [6.07, 6.45) is 1.49. The molecule has 0 atom stereocenters. The highest BCUT2D eigenvalue weighted by molar-refractivity contribution is 7.99. The highest BCUT2D eigenvalue weighted by Gasteiger charge is 2.28. The van der Waals surface area contributed by atoms with Crippen molar-refractivity contribution in [3.8, 4) is 0 Å². The average molecular weight is 303 g/mol. The topological polar surface area (TPSA) is 71.4 Å². The first-order valence-electron chi connectivity index (χ1n) is 5.93. The Labute approximate surface area is 117 Å². The van der Waals surface area contributed by atoms with Gasteiger partial charge in [0.05, 0.1) is 0 Å². The van der Waals surface area contributed by atoms with E-state index >= 15 is 0 Å². The Kier molecular flexibility index (Phi) is 4.22. The molecule has 1 N–H and O–H groups in total. The number of hydrogen-bond acceptors (Lipinski definition) is 4. The van der Waals surface area contributed by atoms with E-state index in [1.54, 1.807) is 18.8 Å². The van der Waals surface area contributed by atoms with E-state index in [4.69, 9.17) is 0 Å². The van der Waals surface area contributed by atoms with Gasteiger partial charge in [0.15, 0.2) is 0 Å². The molecular weight excluding hydrogens is 286 g/mol. The van der Waals surface area contributed by atoms with E-state index in [9.17, 15) is 13.2 Å². The lowest BCUT2D eigenvalue weighted by molar-refractivity contribution is 0.0955. The Balaban J connectivity index is 2.33. The van der Waals surface area contributed by atoms with Gasteiger partial charge in [-0.15, -0.1) is 0 Å². The summed E-state index contributed by atoms with van der Waals surface area (Å²) in [6, 6.07) is 1.43. The first-order valence-corrected chi connectivity index (χ1v) is 8.52. The number of thioether (sulfide) groups is 1. The minimum atomic E-state index is -3.49. The van der Waals surface area contributed by atoms with Gasteiger partial charge >= 0.3 is 0 Å². The van der Waals surface area contributed by atoms with Crippen LogP contribution in [0.3, 0.4) is 0 Å². The van der Waals surface area contributed by atoms with Gasteiger partial charge in [-0.1, -0.05) is 0 Å². The molecule has 1 saturated heterocycles. The molecule has 1 aromatic heterocycles. The Morgan fingerprint density at radius 2 is 2.00 bits per heavy atom. The molecule has 1 amide bonds. The zero-order valence-electron chi connectivity index (χ0n) is 10.9. The summed E-state index contributed by atoms with van der Waals surface area (Å²) in [5.41, 5.74) is 0.340. The molecule has 0 radical (unpaired) electrons. The second-order valence-corrected chi connectivity index (χ2v) is 7.43. The van der Waals surface area contributed by atoms with E-state index in [0.29, 0.717) is 18.8 Å². The summed E-state index contributed by atoms with van der Waals surface area (Å²) in [7, 11) is -0.305. The molecule has 1 fully saturated rings. The first-order chi connectivity index (χ1) is 8.96. The summed E-state index contributed by atoms with van der Waals surface area (Å²) < 4.78 is 27.9. The van der Waals surface area contributed by atoms with Crippen molar-refractivity contribution >= 4 is 27.7 Å². The maximum Gasteiger partial charge on any atom is 0.267 e. The largest absolute Gasteiger partial charge is 0.354 e. The highest BCUT2D eigenvalue weighted by atomic mass is 32.2. The third-order valence-corrected chi connectivity index (χ3v) is 5.85. The van der Waals surface area contributed by atoms with Crippen molar-refractivity contribution in [2.75, 3.05) is 31.6 Å². The lowest BCUT2D eigenvalue weighted by atomic mass is 10.4. The van der Waals surface area contributed by atoms with Crippen molar-refractivity contribution in [3.63, 3.8) is 0 Å². The van der Waals surface area contributed by atoms with Crippen molar-refractivity contribution < 1.29 is 13.2 Å². The Bertz CT molecular complexity index is 574. The van der Waals surface area contributed by atoms with Crippen molar-refractivity contribution in [1.29, 1.82) is 0 Å². The molecule has 0 saturated carbocycles. The highest BCUT2D eigenvalue weighted by Crippen LogP contribution is 2.21. The van der Waals surface area contributed by atoms with Crippen LogP contribution in [0.15, 0.2) is 17.2 Å². The van der Waals surface area contributed by atoms with Crippen LogP contribution in [0.2, 0.25) is 0 Å². The van der Waals surface area contributed by atoms with Gasteiger partial charge in [-0.2, -0.15) is 16.1 Å². The van der Waals surface area contributed by atoms with E-state index in [1.165, 1.54) is 28.2 Å². The summed E-state index contributed by atoms with van der Waals surface area (Å²) in [5.74, 6) is 1.33. The number of carbonyl (C=O) groups is 1. The number of aryl methyl sites for hydroxylation is 1. The molecule has 106 valence electrons. The molecule has 1 aromatic rings. The number of nitrogens with one attached hydrogen (secondary N) is 1. The molecule has 8 heteroatoms. The van der Waals surface area contributed by atoms with Gasteiger partial charge in [-0.25, -0.2) is 8.42 Å².